The molecule has 0 aromatic heterocycles. The Kier molecular flexibility index (Phi) is 2.73. The Morgan fingerprint density at radius 3 is 1.93 bits per heavy atom. The van der Waals surface area contributed by atoms with Gasteiger partial charge in [-0.1, -0.05) is 0 Å². The summed E-state index contributed by atoms with van der Waals surface area (Å²) >= 11 is 0. The topological polar surface area (TPSA) is 15.3 Å². The molecular formula is C13H24N2. The van der Waals surface area contributed by atoms with Crippen LogP contribution in [0, 0.1) is 11.8 Å². The van der Waals surface area contributed by atoms with Crippen molar-refractivity contribution < 1.29 is 0 Å². The van der Waals surface area contributed by atoms with Crippen LogP contribution in [0.2, 0.25) is 0 Å². The van der Waals surface area contributed by atoms with Crippen molar-refractivity contribution >= 4 is 0 Å². The number of nitrogens with one attached hydrogen (secondary N) is 1. The molecule has 0 atom stereocenters. The van der Waals surface area contributed by atoms with Crippen molar-refractivity contribution in [1.82, 2.24) is 10.2 Å². The number of hydrogen-bond donors (Lipinski definition) is 1. The zero-order valence-electron chi connectivity index (χ0n) is 9.91. The minimum absolute atomic E-state index is 0.826. The fraction of sp³-hybridized carbons (Fsp3) is 1.00. The first-order valence-electron chi connectivity index (χ1n) is 6.77. The van der Waals surface area contributed by atoms with E-state index in [0.29, 0.717) is 0 Å². The van der Waals surface area contributed by atoms with Crippen molar-refractivity contribution in [2.45, 2.75) is 50.6 Å². The normalized spacial score (nSPS) is 30.0. The number of hydrogen-bond acceptors (Lipinski definition) is 2. The van der Waals surface area contributed by atoms with Crippen molar-refractivity contribution in [3.05, 3.63) is 0 Å². The number of likely N-dealkylation sites (tertiary alicyclic amines) is 1. The molecular weight excluding hydrogens is 184 g/mol. The van der Waals surface area contributed by atoms with Gasteiger partial charge in [-0.15, -0.1) is 0 Å². The molecule has 86 valence electrons. The third-order valence-electron chi connectivity index (χ3n) is 4.41. The Hall–Kier alpha value is -0.0800. The molecule has 2 nitrogen and oxygen atoms in total. The van der Waals surface area contributed by atoms with Crippen molar-refractivity contribution in [1.29, 1.82) is 0 Å². The van der Waals surface area contributed by atoms with Crippen molar-refractivity contribution in [3.8, 4) is 0 Å². The Morgan fingerprint density at radius 1 is 0.933 bits per heavy atom. The van der Waals surface area contributed by atoms with Crippen molar-refractivity contribution in [2.75, 3.05) is 20.1 Å². The number of piperidine rings is 1. The molecule has 1 heterocycles. The van der Waals surface area contributed by atoms with Gasteiger partial charge in [-0.2, -0.15) is 0 Å². The zero-order chi connectivity index (χ0) is 10.3. The third kappa shape index (κ3) is 2.54. The van der Waals surface area contributed by atoms with E-state index in [0.717, 1.165) is 23.9 Å². The van der Waals surface area contributed by atoms with Gasteiger partial charge >= 0.3 is 0 Å². The SMILES string of the molecule is CN1CCC(NC(C2CC2)C2CC2)CC1. The highest BCUT2D eigenvalue weighted by atomic mass is 15.1. The van der Waals surface area contributed by atoms with Gasteiger partial charge in [0.25, 0.3) is 0 Å². The highest BCUT2D eigenvalue weighted by molar-refractivity contribution is 4.98. The smallest absolute Gasteiger partial charge is 0.0126 e. The monoisotopic (exact) mass is 208 g/mol. The summed E-state index contributed by atoms with van der Waals surface area (Å²) in [6.07, 6.45) is 8.74. The third-order valence-corrected chi connectivity index (χ3v) is 4.41. The second-order valence-electron chi connectivity index (χ2n) is 5.94. The first-order valence-corrected chi connectivity index (χ1v) is 6.77. The highest BCUT2D eigenvalue weighted by Gasteiger charge is 2.42. The molecule has 2 saturated carbocycles. The minimum atomic E-state index is 0.826. The molecule has 2 heteroatoms. The van der Waals surface area contributed by atoms with E-state index in [2.05, 4.69) is 17.3 Å². The largest absolute Gasteiger partial charge is 0.311 e. The van der Waals surface area contributed by atoms with Crippen molar-refractivity contribution in [2.24, 2.45) is 11.8 Å². The Balaban J connectivity index is 1.49. The van der Waals surface area contributed by atoms with Crippen LogP contribution in [0.5, 0.6) is 0 Å². The van der Waals surface area contributed by atoms with E-state index in [4.69, 9.17) is 0 Å². The van der Waals surface area contributed by atoms with Gasteiger partial charge in [0.05, 0.1) is 0 Å². The Morgan fingerprint density at radius 2 is 1.47 bits per heavy atom. The molecule has 0 aromatic rings. The lowest BCUT2D eigenvalue weighted by Gasteiger charge is -2.33. The minimum Gasteiger partial charge on any atom is -0.311 e. The molecule has 1 aliphatic heterocycles. The molecule has 0 amide bonds. The molecule has 1 saturated heterocycles. The molecule has 3 rings (SSSR count). The van der Waals surface area contributed by atoms with Crippen LogP contribution < -0.4 is 5.32 Å². The lowest BCUT2D eigenvalue weighted by molar-refractivity contribution is 0.214. The fourth-order valence-corrected chi connectivity index (χ4v) is 3.02. The van der Waals surface area contributed by atoms with Crippen molar-refractivity contribution in [3.63, 3.8) is 0 Å². The first kappa shape index (κ1) is 10.1. The van der Waals surface area contributed by atoms with E-state index < -0.39 is 0 Å². The number of nitrogens with zero attached hydrogens (tertiary/aromatic N) is 1. The van der Waals surface area contributed by atoms with E-state index in [9.17, 15) is 0 Å². The Labute approximate surface area is 93.4 Å². The summed E-state index contributed by atoms with van der Waals surface area (Å²) in [5.74, 6) is 2.11. The fourth-order valence-electron chi connectivity index (χ4n) is 3.02. The van der Waals surface area contributed by atoms with E-state index in [1.54, 1.807) is 0 Å². The van der Waals surface area contributed by atoms with Crippen LogP contribution in [0.25, 0.3) is 0 Å². The molecule has 2 aliphatic carbocycles. The van der Waals surface area contributed by atoms with Crippen LogP contribution >= 0.6 is 0 Å². The van der Waals surface area contributed by atoms with E-state index in [-0.39, 0.29) is 0 Å². The lowest BCUT2D eigenvalue weighted by Crippen LogP contribution is -2.46. The Bertz CT molecular complexity index is 201. The maximum atomic E-state index is 3.97. The van der Waals surface area contributed by atoms with Gasteiger partial charge in [-0.05, 0) is 70.5 Å². The van der Waals surface area contributed by atoms with E-state index in [1.165, 1.54) is 51.6 Å². The predicted molar refractivity (Wildman–Crippen MR) is 62.9 cm³/mol. The van der Waals surface area contributed by atoms with Gasteiger partial charge in [0.2, 0.25) is 0 Å². The molecule has 0 radical (unpaired) electrons. The summed E-state index contributed by atoms with van der Waals surface area (Å²) < 4.78 is 0. The van der Waals surface area contributed by atoms with Gasteiger partial charge in [-0.3, -0.25) is 0 Å². The standard InChI is InChI=1S/C13H24N2/c1-15-8-6-12(7-9-15)14-13(10-2-3-10)11-4-5-11/h10-14H,2-9H2,1H3. The quantitative estimate of drug-likeness (QED) is 0.758. The molecule has 15 heavy (non-hydrogen) atoms. The van der Waals surface area contributed by atoms with E-state index >= 15 is 0 Å². The van der Waals surface area contributed by atoms with Crippen LogP contribution in [0.1, 0.15) is 38.5 Å². The summed E-state index contributed by atoms with van der Waals surface area (Å²) in [6.45, 7) is 2.58. The molecule has 3 fully saturated rings. The maximum Gasteiger partial charge on any atom is 0.0126 e. The van der Waals surface area contributed by atoms with Gasteiger partial charge in [0.15, 0.2) is 0 Å². The lowest BCUT2D eigenvalue weighted by atomic mass is 10.0. The van der Waals surface area contributed by atoms with Crippen LogP contribution in [-0.2, 0) is 0 Å². The molecule has 1 N–H and O–H groups in total. The summed E-state index contributed by atoms with van der Waals surface area (Å²) in [4.78, 5) is 2.46. The molecule has 0 spiro atoms. The number of rotatable bonds is 4. The molecule has 0 aromatic carbocycles. The maximum absolute atomic E-state index is 3.97. The second kappa shape index (κ2) is 4.06. The summed E-state index contributed by atoms with van der Waals surface area (Å²) in [5.41, 5.74) is 0. The summed E-state index contributed by atoms with van der Waals surface area (Å²) in [7, 11) is 2.25. The highest BCUT2D eigenvalue weighted by Crippen LogP contribution is 2.44. The average Bonchev–Trinajstić information content (AvgIpc) is 3.11. The predicted octanol–water partition coefficient (Wildman–Crippen LogP) is 1.86. The van der Waals surface area contributed by atoms with Gasteiger partial charge in [0.1, 0.15) is 0 Å². The van der Waals surface area contributed by atoms with Crippen LogP contribution in [0.3, 0.4) is 0 Å². The van der Waals surface area contributed by atoms with Gasteiger partial charge < -0.3 is 10.2 Å². The van der Waals surface area contributed by atoms with Gasteiger partial charge in [0, 0.05) is 12.1 Å². The molecule has 3 aliphatic rings. The first-order chi connectivity index (χ1) is 7.33. The van der Waals surface area contributed by atoms with Gasteiger partial charge in [-0.25, -0.2) is 0 Å². The van der Waals surface area contributed by atoms with Crippen LogP contribution in [0.4, 0.5) is 0 Å². The molecule has 0 bridgehead atoms. The summed E-state index contributed by atoms with van der Waals surface area (Å²) in [6, 6.07) is 1.73. The average molecular weight is 208 g/mol. The second-order valence-corrected chi connectivity index (χ2v) is 5.94. The van der Waals surface area contributed by atoms with E-state index in [1.807, 2.05) is 0 Å². The van der Waals surface area contributed by atoms with Crippen LogP contribution in [0.15, 0.2) is 0 Å². The van der Waals surface area contributed by atoms with Crippen LogP contribution in [-0.4, -0.2) is 37.1 Å². The molecule has 0 unspecified atom stereocenters. The zero-order valence-corrected chi connectivity index (χ0v) is 9.91. The summed E-state index contributed by atoms with van der Waals surface area (Å²) in [5, 5.41) is 3.97.